The highest BCUT2D eigenvalue weighted by Gasteiger charge is 2.18. The molecule has 3 aromatic rings. The fraction of sp³-hybridized carbons (Fsp3) is 0.0714. The first-order chi connectivity index (χ1) is 9.54. The topological polar surface area (TPSA) is 47.0 Å². The van der Waals surface area contributed by atoms with E-state index >= 15 is 0 Å². The van der Waals surface area contributed by atoms with Crippen molar-refractivity contribution >= 4 is 31.4 Å². The number of sulfone groups is 1. The van der Waals surface area contributed by atoms with Crippen LogP contribution in [-0.2, 0) is 15.6 Å². The second kappa shape index (κ2) is 4.96. The molecule has 0 saturated heterocycles. The molecular weight excluding hydrogens is 297 g/mol. The maximum atomic E-state index is 13.1. The summed E-state index contributed by atoms with van der Waals surface area (Å²) in [4.78, 5) is 4.27. The maximum Gasteiger partial charge on any atom is 0.185 e. The average molecular weight is 307 g/mol. The molecule has 0 atom stereocenters. The zero-order valence-corrected chi connectivity index (χ0v) is 11.9. The zero-order valence-electron chi connectivity index (χ0n) is 10.3. The van der Waals surface area contributed by atoms with E-state index in [1.807, 2.05) is 24.3 Å². The number of nitrogens with zero attached hydrogens (tertiary/aromatic N) is 1. The summed E-state index contributed by atoms with van der Waals surface area (Å²) >= 11 is 1.34. The Morgan fingerprint density at radius 3 is 2.65 bits per heavy atom. The van der Waals surface area contributed by atoms with Crippen LogP contribution in [0.25, 0.3) is 10.2 Å². The average Bonchev–Trinajstić information content (AvgIpc) is 2.80. The molecule has 0 radical (unpaired) electrons. The van der Waals surface area contributed by atoms with Crippen molar-refractivity contribution in [1.82, 2.24) is 4.98 Å². The molecule has 20 heavy (non-hydrogen) atoms. The van der Waals surface area contributed by atoms with Crippen LogP contribution in [-0.4, -0.2) is 13.4 Å². The molecule has 0 aliphatic heterocycles. The highest BCUT2D eigenvalue weighted by molar-refractivity contribution is 7.90. The summed E-state index contributed by atoms with van der Waals surface area (Å²) in [6.45, 7) is 0. The van der Waals surface area contributed by atoms with Crippen LogP contribution < -0.4 is 0 Å². The van der Waals surface area contributed by atoms with E-state index in [0.717, 1.165) is 16.3 Å². The molecule has 0 bridgehead atoms. The summed E-state index contributed by atoms with van der Waals surface area (Å²) in [5, 5.41) is 0.510. The molecule has 0 amide bonds. The maximum absolute atomic E-state index is 13.1. The number of aromatic nitrogens is 1. The molecule has 1 aromatic heterocycles. The highest BCUT2D eigenvalue weighted by Crippen LogP contribution is 2.25. The van der Waals surface area contributed by atoms with Gasteiger partial charge < -0.3 is 0 Å². The van der Waals surface area contributed by atoms with Gasteiger partial charge in [-0.2, -0.15) is 0 Å². The summed E-state index contributed by atoms with van der Waals surface area (Å²) in [6.07, 6.45) is 0. The smallest absolute Gasteiger partial charge is 0.185 e. The second-order valence-electron chi connectivity index (χ2n) is 4.29. The van der Waals surface area contributed by atoms with Crippen LogP contribution in [0.1, 0.15) is 5.01 Å². The van der Waals surface area contributed by atoms with Crippen molar-refractivity contribution in [1.29, 1.82) is 0 Å². The first kappa shape index (κ1) is 13.2. The van der Waals surface area contributed by atoms with Gasteiger partial charge in [-0.1, -0.05) is 18.2 Å². The largest absolute Gasteiger partial charge is 0.240 e. The summed E-state index contributed by atoms with van der Waals surface area (Å²) < 4.78 is 38.5. The number of hydrogen-bond donors (Lipinski definition) is 0. The van der Waals surface area contributed by atoms with E-state index in [2.05, 4.69) is 4.98 Å². The van der Waals surface area contributed by atoms with Crippen LogP contribution in [0.3, 0.4) is 0 Å². The molecule has 0 N–H and O–H groups in total. The van der Waals surface area contributed by atoms with E-state index in [-0.39, 0.29) is 10.6 Å². The Bertz CT molecular complexity index is 839. The fourth-order valence-corrected chi connectivity index (χ4v) is 4.49. The molecule has 1 heterocycles. The molecule has 0 aliphatic carbocycles. The van der Waals surface area contributed by atoms with Crippen LogP contribution in [0.4, 0.5) is 4.39 Å². The van der Waals surface area contributed by atoms with E-state index in [1.54, 1.807) is 0 Å². The van der Waals surface area contributed by atoms with Gasteiger partial charge in [-0.15, -0.1) is 11.3 Å². The van der Waals surface area contributed by atoms with Crippen molar-refractivity contribution < 1.29 is 12.8 Å². The second-order valence-corrected chi connectivity index (χ2v) is 7.40. The van der Waals surface area contributed by atoms with E-state index in [1.165, 1.54) is 29.5 Å². The number of halogens is 1. The predicted octanol–water partition coefficient (Wildman–Crippen LogP) is 3.41. The van der Waals surface area contributed by atoms with Crippen molar-refractivity contribution in [3.05, 3.63) is 59.4 Å². The SMILES string of the molecule is O=S(=O)(Cc1nc2ccccc2s1)c1cccc(F)c1. The molecule has 2 aromatic carbocycles. The van der Waals surface area contributed by atoms with E-state index in [4.69, 9.17) is 0 Å². The molecule has 0 saturated carbocycles. The number of fused-ring (bicyclic) bond motifs is 1. The highest BCUT2D eigenvalue weighted by atomic mass is 32.2. The molecule has 3 nitrogen and oxygen atoms in total. The third-order valence-electron chi connectivity index (χ3n) is 2.81. The Labute approximate surface area is 119 Å². The van der Waals surface area contributed by atoms with E-state index < -0.39 is 15.7 Å². The fourth-order valence-electron chi connectivity index (χ4n) is 1.89. The molecule has 0 fully saturated rings. The molecule has 6 heteroatoms. The molecule has 0 aliphatic rings. The first-order valence-corrected chi connectivity index (χ1v) is 8.34. The van der Waals surface area contributed by atoms with Crippen molar-refractivity contribution in [2.45, 2.75) is 10.6 Å². The van der Waals surface area contributed by atoms with Gasteiger partial charge in [-0.05, 0) is 30.3 Å². The van der Waals surface area contributed by atoms with Crippen LogP contribution in [0.2, 0.25) is 0 Å². The number of para-hydroxylation sites is 1. The number of hydrogen-bond acceptors (Lipinski definition) is 4. The molecule has 3 rings (SSSR count). The molecule has 0 spiro atoms. The minimum Gasteiger partial charge on any atom is -0.240 e. The van der Waals surface area contributed by atoms with E-state index in [9.17, 15) is 12.8 Å². The Morgan fingerprint density at radius 1 is 1.10 bits per heavy atom. The van der Waals surface area contributed by atoms with Crippen LogP contribution in [0.15, 0.2) is 53.4 Å². The summed E-state index contributed by atoms with van der Waals surface area (Å²) in [6, 6.07) is 12.5. The van der Waals surface area contributed by atoms with Crippen LogP contribution >= 0.6 is 11.3 Å². The van der Waals surface area contributed by atoms with Crippen molar-refractivity contribution in [2.75, 3.05) is 0 Å². The van der Waals surface area contributed by atoms with Gasteiger partial charge in [0.15, 0.2) is 9.84 Å². The summed E-state index contributed by atoms with van der Waals surface area (Å²) in [5.74, 6) is -0.772. The van der Waals surface area contributed by atoms with Crippen molar-refractivity contribution in [3.63, 3.8) is 0 Å². The van der Waals surface area contributed by atoms with Gasteiger partial charge >= 0.3 is 0 Å². The van der Waals surface area contributed by atoms with Crippen molar-refractivity contribution in [3.8, 4) is 0 Å². The number of rotatable bonds is 3. The quantitative estimate of drug-likeness (QED) is 0.745. The van der Waals surface area contributed by atoms with Crippen molar-refractivity contribution in [2.24, 2.45) is 0 Å². The van der Waals surface area contributed by atoms with Gasteiger partial charge in [-0.3, -0.25) is 0 Å². The molecule has 0 unspecified atom stereocenters. The lowest BCUT2D eigenvalue weighted by Crippen LogP contribution is -2.04. The number of thiazole rings is 1. The Morgan fingerprint density at radius 2 is 1.90 bits per heavy atom. The minimum atomic E-state index is -3.58. The molecular formula is C14H10FNO2S2. The first-order valence-electron chi connectivity index (χ1n) is 5.87. The minimum absolute atomic E-state index is 0.0169. The van der Waals surface area contributed by atoms with Gasteiger partial charge in [0.2, 0.25) is 0 Å². The van der Waals surface area contributed by atoms with Crippen LogP contribution in [0.5, 0.6) is 0 Å². The van der Waals surface area contributed by atoms with Gasteiger partial charge in [0.25, 0.3) is 0 Å². The summed E-state index contributed by atoms with van der Waals surface area (Å²) in [7, 11) is -3.58. The lowest BCUT2D eigenvalue weighted by molar-refractivity contribution is 0.590. The monoisotopic (exact) mass is 307 g/mol. The third kappa shape index (κ3) is 2.57. The molecule has 102 valence electrons. The van der Waals surface area contributed by atoms with Crippen LogP contribution in [0, 0.1) is 5.82 Å². The predicted molar refractivity (Wildman–Crippen MR) is 76.9 cm³/mol. The Kier molecular flexibility index (Phi) is 3.27. The van der Waals surface area contributed by atoms with Gasteiger partial charge in [-0.25, -0.2) is 17.8 Å². The normalized spacial score (nSPS) is 11.8. The zero-order chi connectivity index (χ0) is 14.2. The van der Waals surface area contributed by atoms with Gasteiger partial charge in [0, 0.05) is 0 Å². The van der Waals surface area contributed by atoms with Gasteiger partial charge in [0.1, 0.15) is 16.6 Å². The number of benzene rings is 2. The standard InChI is InChI=1S/C14H10FNO2S2/c15-10-4-3-5-11(8-10)20(17,18)9-14-16-12-6-1-2-7-13(12)19-14/h1-8H,9H2. The lowest BCUT2D eigenvalue weighted by Gasteiger charge is -2.01. The Hall–Kier alpha value is -1.79. The Balaban J connectivity index is 1.97. The third-order valence-corrected chi connectivity index (χ3v) is 5.65. The van der Waals surface area contributed by atoms with Gasteiger partial charge in [0.05, 0.1) is 15.1 Å². The van der Waals surface area contributed by atoms with E-state index in [0.29, 0.717) is 5.01 Å². The lowest BCUT2D eigenvalue weighted by atomic mass is 10.3. The summed E-state index contributed by atoms with van der Waals surface area (Å²) in [5.41, 5.74) is 0.780.